The highest BCUT2D eigenvalue weighted by molar-refractivity contribution is 7.92. The third-order valence-corrected chi connectivity index (χ3v) is 6.27. The number of benzene rings is 1. The monoisotopic (exact) mass is 330 g/mol. The number of rotatable bonds is 2. The topological polar surface area (TPSA) is 83.6 Å². The predicted molar refractivity (Wildman–Crippen MR) is 74.3 cm³/mol. The maximum atomic E-state index is 12.3. The van der Waals surface area contributed by atoms with Crippen molar-refractivity contribution in [3.05, 3.63) is 29.3 Å². The van der Waals surface area contributed by atoms with Gasteiger partial charge in [-0.15, -0.1) is 11.3 Å². The highest BCUT2D eigenvalue weighted by Crippen LogP contribution is 2.33. The van der Waals surface area contributed by atoms with Crippen molar-refractivity contribution in [2.75, 3.05) is 6.54 Å². The first kappa shape index (κ1) is 13.3. The van der Waals surface area contributed by atoms with E-state index in [1.54, 1.807) is 18.2 Å². The molecule has 104 valence electrons. The molecule has 3 amide bonds. The van der Waals surface area contributed by atoms with Crippen LogP contribution in [0, 0.1) is 0 Å². The van der Waals surface area contributed by atoms with Crippen LogP contribution < -0.4 is 5.32 Å². The van der Waals surface area contributed by atoms with Gasteiger partial charge in [0.1, 0.15) is 10.8 Å². The second-order valence-electron chi connectivity index (χ2n) is 4.11. The first-order valence-electron chi connectivity index (χ1n) is 5.43. The molecule has 1 N–H and O–H groups in total. The van der Waals surface area contributed by atoms with Gasteiger partial charge >= 0.3 is 6.03 Å². The van der Waals surface area contributed by atoms with Crippen molar-refractivity contribution in [1.82, 2.24) is 9.62 Å². The molecule has 1 aliphatic rings. The van der Waals surface area contributed by atoms with Gasteiger partial charge in [-0.05, 0) is 23.6 Å². The number of amides is 3. The third kappa shape index (κ3) is 2.05. The molecule has 6 nitrogen and oxygen atoms in total. The van der Waals surface area contributed by atoms with Crippen molar-refractivity contribution in [3.8, 4) is 0 Å². The van der Waals surface area contributed by atoms with E-state index in [-0.39, 0.29) is 4.21 Å². The Hall–Kier alpha value is -1.64. The molecule has 0 bridgehead atoms. The fourth-order valence-electron chi connectivity index (χ4n) is 1.83. The highest BCUT2D eigenvalue weighted by atomic mass is 35.5. The smallest absolute Gasteiger partial charge is 0.275 e. The Morgan fingerprint density at radius 2 is 2.00 bits per heavy atom. The lowest BCUT2D eigenvalue weighted by molar-refractivity contribution is -0.118. The number of imide groups is 1. The van der Waals surface area contributed by atoms with Crippen molar-refractivity contribution in [3.63, 3.8) is 0 Å². The molecular weight excluding hydrogens is 324 g/mol. The standard InChI is InChI=1S/C11H7ClN2O4S2/c12-7-2-1-6-3-10(19-8(6)4-7)20(17,18)14-5-9(15)13-11(14)16/h1-4H,5H2,(H,13,15,16). The lowest BCUT2D eigenvalue weighted by Gasteiger charge is -2.11. The fourth-order valence-corrected chi connectivity index (χ4v) is 4.91. The maximum Gasteiger partial charge on any atom is 0.338 e. The molecule has 0 spiro atoms. The number of nitrogens with zero attached hydrogens (tertiary/aromatic N) is 1. The molecule has 2 aromatic rings. The number of sulfonamides is 1. The summed E-state index contributed by atoms with van der Waals surface area (Å²) in [5, 5.41) is 3.15. The Kier molecular flexibility index (Phi) is 2.96. The maximum absolute atomic E-state index is 12.3. The zero-order chi connectivity index (χ0) is 14.5. The van der Waals surface area contributed by atoms with Crippen LogP contribution >= 0.6 is 22.9 Å². The lowest BCUT2D eigenvalue weighted by atomic mass is 10.3. The minimum atomic E-state index is -4.02. The number of urea groups is 1. The Labute approximate surface area is 123 Å². The van der Waals surface area contributed by atoms with Gasteiger partial charge in [0.2, 0.25) is 5.91 Å². The number of hydrogen-bond donors (Lipinski definition) is 1. The van der Waals surface area contributed by atoms with Crippen molar-refractivity contribution < 1.29 is 18.0 Å². The van der Waals surface area contributed by atoms with Crippen molar-refractivity contribution in [1.29, 1.82) is 0 Å². The quantitative estimate of drug-likeness (QED) is 0.851. The SMILES string of the molecule is O=C1CN(S(=O)(=O)c2cc3ccc(Cl)cc3s2)C(=O)N1. The normalized spacial score (nSPS) is 15.9. The summed E-state index contributed by atoms with van der Waals surface area (Å²) in [5.41, 5.74) is 0. The van der Waals surface area contributed by atoms with E-state index in [2.05, 4.69) is 0 Å². The lowest BCUT2D eigenvalue weighted by Crippen LogP contribution is -2.33. The molecule has 0 unspecified atom stereocenters. The summed E-state index contributed by atoms with van der Waals surface area (Å²) >= 11 is 6.85. The number of carbonyl (C=O) groups is 2. The summed E-state index contributed by atoms with van der Waals surface area (Å²) in [4.78, 5) is 22.6. The molecule has 0 saturated carbocycles. The molecule has 20 heavy (non-hydrogen) atoms. The molecule has 1 aromatic heterocycles. The van der Waals surface area contributed by atoms with Gasteiger partial charge < -0.3 is 0 Å². The van der Waals surface area contributed by atoms with Crippen LogP contribution in [0.3, 0.4) is 0 Å². The highest BCUT2D eigenvalue weighted by Gasteiger charge is 2.38. The van der Waals surface area contributed by atoms with Gasteiger partial charge in [-0.25, -0.2) is 17.5 Å². The average Bonchev–Trinajstić information content (AvgIpc) is 2.92. The van der Waals surface area contributed by atoms with Crippen LogP contribution in [0.2, 0.25) is 5.02 Å². The van der Waals surface area contributed by atoms with Crippen LogP contribution in [0.5, 0.6) is 0 Å². The second-order valence-corrected chi connectivity index (χ2v) is 7.72. The fraction of sp³-hybridized carbons (Fsp3) is 0.0909. The van der Waals surface area contributed by atoms with Gasteiger partial charge in [-0.1, -0.05) is 17.7 Å². The van der Waals surface area contributed by atoms with Crippen LogP contribution in [0.4, 0.5) is 4.79 Å². The molecular formula is C11H7ClN2O4S2. The number of fused-ring (bicyclic) bond motifs is 1. The molecule has 0 aliphatic carbocycles. The van der Waals surface area contributed by atoms with Crippen molar-refractivity contribution >= 4 is 55.0 Å². The number of nitrogens with one attached hydrogen (secondary N) is 1. The van der Waals surface area contributed by atoms with Crippen LogP contribution in [-0.4, -0.2) is 31.2 Å². The van der Waals surface area contributed by atoms with Crippen LogP contribution in [0.15, 0.2) is 28.5 Å². The second kappa shape index (κ2) is 4.44. The van der Waals surface area contributed by atoms with E-state index in [0.717, 1.165) is 11.3 Å². The van der Waals surface area contributed by atoms with Gasteiger partial charge in [0.25, 0.3) is 10.0 Å². The molecule has 1 aromatic carbocycles. The summed E-state index contributed by atoms with van der Waals surface area (Å²) < 4.78 is 25.9. The summed E-state index contributed by atoms with van der Waals surface area (Å²) in [6, 6.07) is 5.53. The van der Waals surface area contributed by atoms with E-state index in [1.807, 2.05) is 5.32 Å². The summed E-state index contributed by atoms with van der Waals surface area (Å²) in [5.74, 6) is -0.636. The summed E-state index contributed by atoms with van der Waals surface area (Å²) in [6.45, 7) is -0.490. The minimum Gasteiger partial charge on any atom is -0.275 e. The van der Waals surface area contributed by atoms with E-state index in [4.69, 9.17) is 11.6 Å². The Balaban J connectivity index is 2.09. The van der Waals surface area contributed by atoms with Crippen LogP contribution in [0.1, 0.15) is 0 Å². The number of carbonyl (C=O) groups excluding carboxylic acids is 2. The molecule has 0 atom stereocenters. The van der Waals surface area contributed by atoms with E-state index in [1.165, 1.54) is 6.07 Å². The molecule has 1 aliphatic heterocycles. The van der Waals surface area contributed by atoms with Crippen molar-refractivity contribution in [2.45, 2.75) is 4.21 Å². The third-order valence-electron chi connectivity index (χ3n) is 2.76. The van der Waals surface area contributed by atoms with Gasteiger partial charge in [-0.3, -0.25) is 10.1 Å². The zero-order valence-electron chi connectivity index (χ0n) is 9.79. The van der Waals surface area contributed by atoms with E-state index in [0.29, 0.717) is 19.4 Å². The van der Waals surface area contributed by atoms with Gasteiger partial charge in [-0.2, -0.15) is 0 Å². The van der Waals surface area contributed by atoms with Gasteiger partial charge in [0.05, 0.1) is 0 Å². The molecule has 1 fully saturated rings. The zero-order valence-corrected chi connectivity index (χ0v) is 12.2. The summed E-state index contributed by atoms with van der Waals surface area (Å²) in [7, 11) is -4.02. The van der Waals surface area contributed by atoms with Crippen molar-refractivity contribution in [2.24, 2.45) is 0 Å². The Morgan fingerprint density at radius 1 is 1.25 bits per heavy atom. The van der Waals surface area contributed by atoms with E-state index in [9.17, 15) is 18.0 Å². The molecule has 9 heteroatoms. The molecule has 1 saturated heterocycles. The average molecular weight is 331 g/mol. The molecule has 2 heterocycles. The first-order valence-corrected chi connectivity index (χ1v) is 8.07. The Bertz CT molecular complexity index is 843. The number of halogens is 1. The minimum absolute atomic E-state index is 0.000355. The summed E-state index contributed by atoms with van der Waals surface area (Å²) in [6.07, 6.45) is 0. The van der Waals surface area contributed by atoms with Crippen LogP contribution in [0.25, 0.3) is 10.1 Å². The van der Waals surface area contributed by atoms with E-state index < -0.39 is 28.5 Å². The predicted octanol–water partition coefficient (Wildman–Crippen LogP) is 1.80. The Morgan fingerprint density at radius 3 is 2.65 bits per heavy atom. The molecule has 3 rings (SSSR count). The van der Waals surface area contributed by atoms with Crippen LogP contribution in [-0.2, 0) is 14.8 Å². The molecule has 0 radical (unpaired) electrons. The van der Waals surface area contributed by atoms with Gasteiger partial charge in [0, 0.05) is 9.72 Å². The van der Waals surface area contributed by atoms with E-state index >= 15 is 0 Å². The van der Waals surface area contributed by atoms with Gasteiger partial charge in [0.15, 0.2) is 0 Å². The number of hydrogen-bond acceptors (Lipinski definition) is 5. The largest absolute Gasteiger partial charge is 0.338 e. The first-order chi connectivity index (χ1) is 9.38. The number of thiophene rings is 1.